The van der Waals surface area contributed by atoms with Gasteiger partial charge in [0.15, 0.2) is 0 Å². The molecule has 0 aliphatic heterocycles. The number of halogens is 1. The fourth-order valence-electron chi connectivity index (χ4n) is 3.37. The van der Waals surface area contributed by atoms with E-state index < -0.39 is 0 Å². The van der Waals surface area contributed by atoms with Crippen molar-refractivity contribution >= 4 is 28.4 Å². The first-order chi connectivity index (χ1) is 13.2. The van der Waals surface area contributed by atoms with Crippen molar-refractivity contribution in [2.24, 2.45) is 0 Å². The summed E-state index contributed by atoms with van der Waals surface area (Å²) >= 11 is 5.91. The maximum absolute atomic E-state index is 12.6. The Balaban J connectivity index is 1.63. The van der Waals surface area contributed by atoms with E-state index in [0.717, 1.165) is 5.52 Å². The summed E-state index contributed by atoms with van der Waals surface area (Å²) in [6, 6.07) is 25.4. The minimum Gasteiger partial charge on any atom is -0.361 e. The van der Waals surface area contributed by atoms with Crippen LogP contribution in [0.4, 0.5) is 0 Å². The van der Waals surface area contributed by atoms with Crippen LogP contribution in [0, 0.1) is 0 Å². The van der Waals surface area contributed by atoms with E-state index in [0.29, 0.717) is 17.1 Å². The lowest BCUT2D eigenvalue weighted by atomic mass is 9.91. The molecule has 0 aliphatic rings. The molecule has 4 aromatic rings. The Morgan fingerprint density at radius 1 is 0.926 bits per heavy atom. The number of hydrogen-bond donors (Lipinski definition) is 2. The summed E-state index contributed by atoms with van der Waals surface area (Å²) in [5.74, 6) is -0.0500. The van der Waals surface area contributed by atoms with Gasteiger partial charge in [-0.1, -0.05) is 60.1 Å². The second-order valence-corrected chi connectivity index (χ2v) is 6.91. The molecule has 27 heavy (non-hydrogen) atoms. The zero-order valence-corrected chi connectivity index (χ0v) is 15.4. The van der Waals surface area contributed by atoms with Crippen molar-refractivity contribution < 1.29 is 4.79 Å². The van der Waals surface area contributed by atoms with Gasteiger partial charge < -0.3 is 10.3 Å². The fourth-order valence-corrected chi connectivity index (χ4v) is 3.50. The van der Waals surface area contributed by atoms with Gasteiger partial charge in [0.2, 0.25) is 0 Å². The van der Waals surface area contributed by atoms with Gasteiger partial charge >= 0.3 is 0 Å². The van der Waals surface area contributed by atoms with Gasteiger partial charge in [-0.05, 0) is 41.5 Å². The molecule has 0 fully saturated rings. The maximum atomic E-state index is 12.6. The number of carbonyl (C=O) groups excluding carboxylic acids is 1. The Bertz CT molecular complexity index is 1050. The third kappa shape index (κ3) is 3.74. The first kappa shape index (κ1) is 17.4. The SMILES string of the molecule is O=C(NC[C@H](c1ccccc1)c1c[nH]c2ccccc12)c1ccc(Cl)cc1. The predicted molar refractivity (Wildman–Crippen MR) is 110 cm³/mol. The standard InChI is InChI=1S/C23H19ClN2O/c24-18-12-10-17(11-13-18)23(27)26-14-20(16-6-2-1-3-7-16)21-15-25-22-9-5-4-8-19(21)22/h1-13,15,20,25H,14H2,(H,26,27)/t20-/m1/s1. The highest BCUT2D eigenvalue weighted by Crippen LogP contribution is 2.30. The molecular weight excluding hydrogens is 356 g/mol. The number of H-pyrrole nitrogens is 1. The number of aromatic nitrogens is 1. The number of benzene rings is 3. The number of rotatable bonds is 5. The number of para-hydroxylation sites is 1. The van der Waals surface area contributed by atoms with Crippen molar-refractivity contribution in [3.8, 4) is 0 Å². The van der Waals surface area contributed by atoms with Crippen molar-refractivity contribution in [2.75, 3.05) is 6.54 Å². The minimum atomic E-state index is -0.104. The van der Waals surface area contributed by atoms with Crippen molar-refractivity contribution in [1.29, 1.82) is 0 Å². The Kier molecular flexibility index (Phi) is 4.95. The van der Waals surface area contributed by atoms with E-state index in [1.807, 2.05) is 36.5 Å². The molecule has 4 heteroatoms. The zero-order valence-electron chi connectivity index (χ0n) is 14.7. The van der Waals surface area contributed by atoms with Crippen LogP contribution in [0.1, 0.15) is 27.4 Å². The molecule has 4 rings (SSSR count). The van der Waals surface area contributed by atoms with E-state index in [-0.39, 0.29) is 11.8 Å². The molecule has 0 spiro atoms. The van der Waals surface area contributed by atoms with Gasteiger partial charge in [-0.15, -0.1) is 0 Å². The number of nitrogens with one attached hydrogen (secondary N) is 2. The van der Waals surface area contributed by atoms with Gasteiger partial charge in [-0.25, -0.2) is 0 Å². The summed E-state index contributed by atoms with van der Waals surface area (Å²) in [7, 11) is 0. The fraction of sp³-hybridized carbons (Fsp3) is 0.0870. The molecular formula is C23H19ClN2O. The van der Waals surface area contributed by atoms with Crippen LogP contribution in [0.3, 0.4) is 0 Å². The van der Waals surface area contributed by atoms with Crippen molar-refractivity contribution in [2.45, 2.75) is 5.92 Å². The Hall–Kier alpha value is -3.04. The topological polar surface area (TPSA) is 44.9 Å². The van der Waals surface area contributed by atoms with E-state index in [2.05, 4.69) is 34.6 Å². The van der Waals surface area contributed by atoms with Gasteiger partial charge in [-0.2, -0.15) is 0 Å². The highest BCUT2D eigenvalue weighted by atomic mass is 35.5. The van der Waals surface area contributed by atoms with Gasteiger partial charge in [0, 0.05) is 40.1 Å². The van der Waals surface area contributed by atoms with E-state index >= 15 is 0 Å². The monoisotopic (exact) mass is 374 g/mol. The Morgan fingerprint density at radius 3 is 2.41 bits per heavy atom. The molecule has 1 aromatic heterocycles. The number of carbonyl (C=O) groups is 1. The van der Waals surface area contributed by atoms with E-state index in [4.69, 9.17) is 11.6 Å². The van der Waals surface area contributed by atoms with Crippen molar-refractivity contribution in [3.05, 3.63) is 107 Å². The van der Waals surface area contributed by atoms with Gasteiger partial charge in [0.1, 0.15) is 0 Å². The second kappa shape index (κ2) is 7.68. The van der Waals surface area contributed by atoms with E-state index in [1.165, 1.54) is 16.5 Å². The van der Waals surface area contributed by atoms with Gasteiger partial charge in [0.25, 0.3) is 5.91 Å². The number of aromatic amines is 1. The van der Waals surface area contributed by atoms with E-state index in [1.54, 1.807) is 24.3 Å². The largest absolute Gasteiger partial charge is 0.361 e. The maximum Gasteiger partial charge on any atom is 0.251 e. The predicted octanol–water partition coefficient (Wildman–Crippen LogP) is 5.38. The summed E-state index contributed by atoms with van der Waals surface area (Å²) < 4.78 is 0. The molecule has 1 atom stereocenters. The van der Waals surface area contributed by atoms with Crippen LogP contribution in [0.25, 0.3) is 10.9 Å². The summed E-state index contributed by atoms with van der Waals surface area (Å²) in [6.45, 7) is 0.507. The normalized spacial score (nSPS) is 12.0. The molecule has 1 amide bonds. The molecule has 0 radical (unpaired) electrons. The quantitative estimate of drug-likeness (QED) is 0.483. The second-order valence-electron chi connectivity index (χ2n) is 6.47. The molecule has 0 saturated heterocycles. The molecule has 0 saturated carbocycles. The summed E-state index contributed by atoms with van der Waals surface area (Å²) in [5.41, 5.74) is 4.04. The first-order valence-electron chi connectivity index (χ1n) is 8.87. The number of amides is 1. The lowest BCUT2D eigenvalue weighted by Gasteiger charge is -2.18. The summed E-state index contributed by atoms with van der Waals surface area (Å²) in [4.78, 5) is 15.9. The molecule has 0 bridgehead atoms. The Labute approximate surface area is 163 Å². The van der Waals surface area contributed by atoms with Crippen LogP contribution in [-0.4, -0.2) is 17.4 Å². The Morgan fingerprint density at radius 2 is 1.63 bits per heavy atom. The summed E-state index contributed by atoms with van der Waals surface area (Å²) in [6.07, 6.45) is 2.04. The lowest BCUT2D eigenvalue weighted by Crippen LogP contribution is -2.28. The van der Waals surface area contributed by atoms with Crippen LogP contribution in [0.15, 0.2) is 85.1 Å². The highest BCUT2D eigenvalue weighted by Gasteiger charge is 2.19. The number of hydrogen-bond acceptors (Lipinski definition) is 1. The van der Waals surface area contributed by atoms with E-state index in [9.17, 15) is 4.79 Å². The van der Waals surface area contributed by atoms with Crippen LogP contribution >= 0.6 is 11.6 Å². The molecule has 3 aromatic carbocycles. The molecule has 1 heterocycles. The highest BCUT2D eigenvalue weighted by molar-refractivity contribution is 6.30. The van der Waals surface area contributed by atoms with Gasteiger partial charge in [0.05, 0.1) is 0 Å². The van der Waals surface area contributed by atoms with Crippen molar-refractivity contribution in [3.63, 3.8) is 0 Å². The zero-order chi connectivity index (χ0) is 18.6. The van der Waals surface area contributed by atoms with Crippen LogP contribution in [0.2, 0.25) is 5.02 Å². The first-order valence-corrected chi connectivity index (χ1v) is 9.25. The molecule has 0 unspecified atom stereocenters. The average Bonchev–Trinajstić information content (AvgIpc) is 3.13. The summed E-state index contributed by atoms with van der Waals surface area (Å²) in [5, 5.41) is 4.87. The molecule has 2 N–H and O–H groups in total. The van der Waals surface area contributed by atoms with Crippen LogP contribution < -0.4 is 5.32 Å². The van der Waals surface area contributed by atoms with Gasteiger partial charge in [-0.3, -0.25) is 4.79 Å². The minimum absolute atomic E-state index is 0.0543. The van der Waals surface area contributed by atoms with Crippen LogP contribution in [-0.2, 0) is 0 Å². The average molecular weight is 375 g/mol. The third-order valence-corrected chi connectivity index (χ3v) is 5.02. The van der Waals surface area contributed by atoms with Crippen LogP contribution in [0.5, 0.6) is 0 Å². The molecule has 3 nitrogen and oxygen atoms in total. The smallest absolute Gasteiger partial charge is 0.251 e. The van der Waals surface area contributed by atoms with Crippen molar-refractivity contribution in [1.82, 2.24) is 10.3 Å². The molecule has 0 aliphatic carbocycles. The third-order valence-electron chi connectivity index (χ3n) is 4.77. The number of fused-ring (bicyclic) bond motifs is 1. The lowest BCUT2D eigenvalue weighted by molar-refractivity contribution is 0.0952. The molecule has 134 valence electrons.